The lowest BCUT2D eigenvalue weighted by Gasteiger charge is -2.17. The molecule has 3 rings (SSSR count). The van der Waals surface area contributed by atoms with E-state index < -0.39 is 12.0 Å². The second-order valence-electron chi connectivity index (χ2n) is 6.48. The van der Waals surface area contributed by atoms with Crippen LogP contribution in [0.15, 0.2) is 64.4 Å². The first-order valence-electron chi connectivity index (χ1n) is 9.31. The fourth-order valence-corrected chi connectivity index (χ4v) is 4.94. The zero-order valence-electron chi connectivity index (χ0n) is 16.4. The number of rotatable bonds is 10. The Bertz CT molecular complexity index is 979. The van der Waals surface area contributed by atoms with E-state index in [1.807, 2.05) is 54.1 Å². The van der Waals surface area contributed by atoms with E-state index in [9.17, 15) is 14.7 Å². The molecule has 5 nitrogen and oxygen atoms in total. The van der Waals surface area contributed by atoms with Crippen molar-refractivity contribution in [1.82, 2.24) is 10.3 Å². The van der Waals surface area contributed by atoms with Gasteiger partial charge in [0.2, 0.25) is 0 Å². The minimum absolute atomic E-state index is 0.374. The predicted octanol–water partition coefficient (Wildman–Crippen LogP) is 5.04. The molecular weight excluding hydrogens is 436 g/mol. The van der Waals surface area contributed by atoms with Gasteiger partial charge in [0.15, 0.2) is 0 Å². The van der Waals surface area contributed by atoms with Crippen LogP contribution in [-0.2, 0) is 10.5 Å². The minimum atomic E-state index is -1.02. The zero-order chi connectivity index (χ0) is 21.3. The summed E-state index contributed by atoms with van der Waals surface area (Å²) in [6.45, 7) is 0. The fourth-order valence-electron chi connectivity index (χ4n) is 2.89. The molecule has 3 aromatic rings. The maximum atomic E-state index is 13.0. The number of aromatic nitrogens is 1. The lowest BCUT2D eigenvalue weighted by Crippen LogP contribution is -2.41. The van der Waals surface area contributed by atoms with Crippen molar-refractivity contribution < 1.29 is 14.7 Å². The molecule has 0 fully saturated rings. The predicted molar refractivity (Wildman–Crippen MR) is 125 cm³/mol. The van der Waals surface area contributed by atoms with E-state index in [0.29, 0.717) is 17.7 Å². The van der Waals surface area contributed by atoms with Gasteiger partial charge in [0.25, 0.3) is 5.91 Å². The third-order valence-corrected chi connectivity index (χ3v) is 7.08. The molecule has 0 aliphatic heterocycles. The summed E-state index contributed by atoms with van der Waals surface area (Å²) in [5.41, 5.74) is 3.25. The number of nitrogens with zero attached hydrogens (tertiary/aromatic N) is 1. The van der Waals surface area contributed by atoms with Crippen molar-refractivity contribution in [1.29, 1.82) is 0 Å². The summed E-state index contributed by atoms with van der Waals surface area (Å²) in [7, 11) is 0. The summed E-state index contributed by atoms with van der Waals surface area (Å²) in [5, 5.41) is 14.1. The number of hydrogen-bond acceptors (Lipinski definition) is 6. The van der Waals surface area contributed by atoms with Gasteiger partial charge in [-0.3, -0.25) is 4.79 Å². The van der Waals surface area contributed by atoms with Crippen LogP contribution in [0.25, 0.3) is 11.1 Å². The highest BCUT2D eigenvalue weighted by Crippen LogP contribution is 2.29. The number of thiazole rings is 1. The van der Waals surface area contributed by atoms with E-state index in [1.54, 1.807) is 47.1 Å². The fraction of sp³-hybridized carbons (Fsp3) is 0.227. The smallest absolute Gasteiger partial charge is 0.326 e. The highest BCUT2D eigenvalue weighted by atomic mass is 32.2. The van der Waals surface area contributed by atoms with Crippen LogP contribution in [-0.4, -0.2) is 40.0 Å². The summed E-state index contributed by atoms with van der Waals surface area (Å²) in [5.74, 6) is 0.00721. The second kappa shape index (κ2) is 11.2. The molecule has 156 valence electrons. The van der Waals surface area contributed by atoms with Crippen molar-refractivity contribution in [2.45, 2.75) is 22.6 Å². The molecule has 0 aliphatic carbocycles. The van der Waals surface area contributed by atoms with Crippen molar-refractivity contribution in [3.63, 3.8) is 0 Å². The SMILES string of the molecule is CSCC[C@H](NC(=O)c1ccc(CSc2nccs2)cc1-c1ccccc1)C(=O)O. The number of nitrogens with one attached hydrogen (secondary N) is 1. The molecule has 0 saturated carbocycles. The monoisotopic (exact) mass is 458 g/mol. The number of hydrogen-bond donors (Lipinski definition) is 2. The molecule has 0 spiro atoms. The average Bonchev–Trinajstić information content (AvgIpc) is 3.29. The molecule has 0 bridgehead atoms. The van der Waals surface area contributed by atoms with Crippen LogP contribution >= 0.6 is 34.9 Å². The number of carboxylic acid groups (broad SMARTS) is 1. The van der Waals surface area contributed by atoms with Gasteiger partial charge in [-0.15, -0.1) is 11.3 Å². The average molecular weight is 459 g/mol. The largest absolute Gasteiger partial charge is 0.480 e. The van der Waals surface area contributed by atoms with Gasteiger partial charge in [-0.05, 0) is 47.3 Å². The maximum Gasteiger partial charge on any atom is 0.326 e. The maximum absolute atomic E-state index is 13.0. The van der Waals surface area contributed by atoms with Crippen LogP contribution in [0.1, 0.15) is 22.3 Å². The van der Waals surface area contributed by atoms with Crippen molar-refractivity contribution in [2.75, 3.05) is 12.0 Å². The Kier molecular flexibility index (Phi) is 8.36. The number of carboxylic acids is 1. The minimum Gasteiger partial charge on any atom is -0.480 e. The van der Waals surface area contributed by atoms with Crippen LogP contribution in [0.3, 0.4) is 0 Å². The standard InChI is InChI=1S/C22H22N2O3S3/c1-28-11-9-19(21(26)27)24-20(25)17-8-7-15(14-30-22-23-10-12-29-22)13-18(17)16-5-3-2-4-6-16/h2-8,10,12-13,19H,9,11,14H2,1H3,(H,24,25)(H,26,27)/t19-/m0/s1. The number of carbonyl (C=O) groups is 2. The van der Waals surface area contributed by atoms with Gasteiger partial charge in [0.05, 0.1) is 0 Å². The Morgan fingerprint density at radius 2 is 2.00 bits per heavy atom. The summed E-state index contributed by atoms with van der Waals surface area (Å²) < 4.78 is 0.996. The number of thioether (sulfide) groups is 2. The summed E-state index contributed by atoms with van der Waals surface area (Å²) in [4.78, 5) is 28.8. The topological polar surface area (TPSA) is 79.3 Å². The van der Waals surface area contributed by atoms with Crippen molar-refractivity contribution >= 4 is 46.7 Å². The van der Waals surface area contributed by atoms with Crippen molar-refractivity contribution in [3.05, 3.63) is 71.2 Å². The Balaban J connectivity index is 1.86. The highest BCUT2D eigenvalue weighted by Gasteiger charge is 2.22. The summed E-state index contributed by atoms with van der Waals surface area (Å²) >= 11 is 4.80. The number of benzene rings is 2. The quantitative estimate of drug-likeness (QED) is 0.415. The van der Waals surface area contributed by atoms with Crippen molar-refractivity contribution in [2.24, 2.45) is 0 Å². The second-order valence-corrected chi connectivity index (χ2v) is 9.58. The summed E-state index contributed by atoms with van der Waals surface area (Å²) in [6.07, 6.45) is 4.08. The zero-order valence-corrected chi connectivity index (χ0v) is 18.9. The molecule has 1 atom stereocenters. The Morgan fingerprint density at radius 3 is 2.67 bits per heavy atom. The molecule has 2 aromatic carbocycles. The molecule has 1 amide bonds. The lowest BCUT2D eigenvalue weighted by atomic mass is 9.97. The molecule has 0 aliphatic rings. The van der Waals surface area contributed by atoms with E-state index in [-0.39, 0.29) is 5.91 Å². The third-order valence-electron chi connectivity index (χ3n) is 4.40. The van der Waals surface area contributed by atoms with Gasteiger partial charge in [-0.1, -0.05) is 48.2 Å². The molecule has 0 radical (unpaired) electrons. The number of amides is 1. The van der Waals surface area contributed by atoms with E-state index in [4.69, 9.17) is 0 Å². The van der Waals surface area contributed by atoms with Gasteiger partial charge >= 0.3 is 5.97 Å². The van der Waals surface area contributed by atoms with E-state index >= 15 is 0 Å². The normalized spacial score (nSPS) is 11.8. The van der Waals surface area contributed by atoms with Gasteiger partial charge in [0, 0.05) is 22.9 Å². The number of carbonyl (C=O) groups excluding carboxylic acids is 1. The van der Waals surface area contributed by atoms with Gasteiger partial charge in [-0.25, -0.2) is 9.78 Å². The third kappa shape index (κ3) is 6.10. The van der Waals surface area contributed by atoms with Crippen LogP contribution in [0.5, 0.6) is 0 Å². The molecule has 1 heterocycles. The van der Waals surface area contributed by atoms with E-state index in [1.165, 1.54) is 0 Å². The van der Waals surface area contributed by atoms with Crippen LogP contribution < -0.4 is 5.32 Å². The first-order valence-corrected chi connectivity index (χ1v) is 12.6. The molecule has 30 heavy (non-hydrogen) atoms. The number of aliphatic carboxylic acids is 1. The van der Waals surface area contributed by atoms with Gasteiger partial charge in [0.1, 0.15) is 10.4 Å². The van der Waals surface area contributed by atoms with Crippen LogP contribution in [0.4, 0.5) is 0 Å². The Morgan fingerprint density at radius 1 is 1.20 bits per heavy atom. The van der Waals surface area contributed by atoms with Gasteiger partial charge < -0.3 is 10.4 Å². The Hall–Kier alpha value is -2.29. The molecule has 2 N–H and O–H groups in total. The highest BCUT2D eigenvalue weighted by molar-refractivity contribution is 8.00. The molecule has 8 heteroatoms. The van der Waals surface area contributed by atoms with Crippen LogP contribution in [0, 0.1) is 0 Å². The van der Waals surface area contributed by atoms with Crippen LogP contribution in [0.2, 0.25) is 0 Å². The first kappa shape index (κ1) is 22.4. The molecular formula is C22H22N2O3S3. The first-order chi connectivity index (χ1) is 14.6. The summed E-state index contributed by atoms with van der Waals surface area (Å²) in [6, 6.07) is 14.5. The van der Waals surface area contributed by atoms with Gasteiger partial charge in [-0.2, -0.15) is 11.8 Å². The molecule has 1 aromatic heterocycles. The Labute approximate surface area is 188 Å². The molecule has 0 saturated heterocycles. The molecule has 0 unspecified atom stereocenters. The van der Waals surface area contributed by atoms with E-state index in [2.05, 4.69) is 10.3 Å². The van der Waals surface area contributed by atoms with E-state index in [0.717, 1.165) is 26.8 Å². The van der Waals surface area contributed by atoms with Crippen molar-refractivity contribution in [3.8, 4) is 11.1 Å². The lowest BCUT2D eigenvalue weighted by molar-refractivity contribution is -0.139.